The number of halogens is 1. The number of aliphatic hydroxyl groups is 1. The molecule has 1 N–H and O–H groups in total. The van der Waals surface area contributed by atoms with E-state index in [0.717, 1.165) is 11.3 Å². The van der Waals surface area contributed by atoms with Crippen LogP contribution < -0.4 is 4.74 Å². The molecule has 0 aromatic heterocycles. The molecule has 72 valence electrons. The average molecular weight is 292 g/mol. The molecule has 0 unspecified atom stereocenters. The van der Waals surface area contributed by atoms with E-state index >= 15 is 0 Å². The Balaban J connectivity index is 2.88. The van der Waals surface area contributed by atoms with E-state index < -0.39 is 0 Å². The van der Waals surface area contributed by atoms with Gasteiger partial charge >= 0.3 is 0 Å². The van der Waals surface area contributed by atoms with Gasteiger partial charge < -0.3 is 9.84 Å². The minimum absolute atomic E-state index is 0.118. The Morgan fingerprint density at radius 3 is 2.69 bits per heavy atom. The molecule has 0 saturated carbocycles. The van der Waals surface area contributed by atoms with Crippen LogP contribution in [0.3, 0.4) is 0 Å². The Morgan fingerprint density at radius 1 is 1.46 bits per heavy atom. The van der Waals surface area contributed by atoms with E-state index in [9.17, 15) is 5.11 Å². The average Bonchev–Trinajstić information content (AvgIpc) is 2.16. The molecule has 0 amide bonds. The van der Waals surface area contributed by atoms with Gasteiger partial charge in [-0.3, -0.25) is 0 Å². The highest BCUT2D eigenvalue weighted by molar-refractivity contribution is 14.1. The van der Waals surface area contributed by atoms with Crippen molar-refractivity contribution >= 4 is 22.6 Å². The molecule has 0 aliphatic heterocycles. The number of methoxy groups -OCH3 is 1. The van der Waals surface area contributed by atoms with Crippen LogP contribution in [-0.2, 0) is 0 Å². The van der Waals surface area contributed by atoms with Crippen LogP contribution in [0.15, 0.2) is 24.3 Å². The summed E-state index contributed by atoms with van der Waals surface area (Å²) in [7, 11) is 1.64. The third-order valence-electron chi connectivity index (χ3n) is 1.84. The highest BCUT2D eigenvalue weighted by Crippen LogP contribution is 2.29. The van der Waals surface area contributed by atoms with Crippen LogP contribution in [-0.4, -0.2) is 18.3 Å². The van der Waals surface area contributed by atoms with Crippen molar-refractivity contribution in [2.24, 2.45) is 0 Å². The van der Waals surface area contributed by atoms with Crippen molar-refractivity contribution in [3.8, 4) is 5.75 Å². The number of ether oxygens (including phenoxy) is 1. The zero-order valence-corrected chi connectivity index (χ0v) is 9.86. The molecule has 13 heavy (non-hydrogen) atoms. The Kier molecular flexibility index (Phi) is 3.99. The lowest BCUT2D eigenvalue weighted by Crippen LogP contribution is -2.07. The second kappa shape index (κ2) is 4.81. The van der Waals surface area contributed by atoms with E-state index in [1.54, 1.807) is 14.0 Å². The van der Waals surface area contributed by atoms with Gasteiger partial charge in [-0.1, -0.05) is 34.7 Å². The fourth-order valence-corrected chi connectivity index (χ4v) is 1.48. The van der Waals surface area contributed by atoms with Gasteiger partial charge in [0.25, 0.3) is 0 Å². The Bertz CT molecular complexity index is 273. The molecule has 0 aliphatic rings. The topological polar surface area (TPSA) is 29.5 Å². The molecule has 3 heteroatoms. The molecule has 2 atom stereocenters. The Morgan fingerprint density at radius 2 is 2.15 bits per heavy atom. The van der Waals surface area contributed by atoms with Crippen molar-refractivity contribution in [1.29, 1.82) is 0 Å². The van der Waals surface area contributed by atoms with Crippen molar-refractivity contribution in [1.82, 2.24) is 0 Å². The number of rotatable bonds is 3. The number of alkyl halides is 1. The minimum Gasteiger partial charge on any atom is -0.497 e. The maximum Gasteiger partial charge on any atom is 0.119 e. The van der Waals surface area contributed by atoms with E-state index in [-0.39, 0.29) is 10.0 Å². The number of benzene rings is 1. The van der Waals surface area contributed by atoms with Gasteiger partial charge in [-0.15, -0.1) is 0 Å². The van der Waals surface area contributed by atoms with Crippen LogP contribution in [0.5, 0.6) is 5.75 Å². The summed E-state index contributed by atoms with van der Waals surface area (Å²) in [4.78, 5) is 0. The van der Waals surface area contributed by atoms with E-state index in [1.807, 2.05) is 24.3 Å². The smallest absolute Gasteiger partial charge is 0.119 e. The second-order valence-corrected chi connectivity index (χ2v) is 4.26. The number of hydrogen-bond donors (Lipinski definition) is 1. The summed E-state index contributed by atoms with van der Waals surface area (Å²) >= 11 is 2.22. The highest BCUT2D eigenvalue weighted by atomic mass is 127. The summed E-state index contributed by atoms with van der Waals surface area (Å²) in [6.45, 7) is 1.79. The monoisotopic (exact) mass is 292 g/mol. The van der Waals surface area contributed by atoms with Crippen molar-refractivity contribution < 1.29 is 9.84 Å². The van der Waals surface area contributed by atoms with Crippen LogP contribution in [0.2, 0.25) is 0 Å². The van der Waals surface area contributed by atoms with Gasteiger partial charge in [0, 0.05) is 0 Å². The third kappa shape index (κ3) is 2.84. The SMILES string of the molecule is COc1cccc([C@H](I)[C@H](C)O)c1. The van der Waals surface area contributed by atoms with Crippen molar-refractivity contribution in [3.63, 3.8) is 0 Å². The first-order valence-electron chi connectivity index (χ1n) is 4.11. The lowest BCUT2D eigenvalue weighted by Gasteiger charge is -2.13. The van der Waals surface area contributed by atoms with Gasteiger partial charge in [0.15, 0.2) is 0 Å². The van der Waals surface area contributed by atoms with Gasteiger partial charge in [0.05, 0.1) is 17.1 Å². The second-order valence-electron chi connectivity index (χ2n) is 2.92. The summed E-state index contributed by atoms with van der Waals surface area (Å²) in [5.74, 6) is 0.833. The number of aliphatic hydroxyl groups excluding tert-OH is 1. The minimum atomic E-state index is -0.340. The van der Waals surface area contributed by atoms with E-state index in [4.69, 9.17) is 4.74 Å². The summed E-state index contributed by atoms with van der Waals surface area (Å²) in [5, 5.41) is 9.39. The molecule has 0 spiro atoms. The molecule has 0 fully saturated rings. The van der Waals surface area contributed by atoms with Crippen LogP contribution in [0.1, 0.15) is 16.4 Å². The predicted octanol–water partition coefficient (Wildman–Crippen LogP) is 2.55. The summed E-state index contributed by atoms with van der Waals surface area (Å²) < 4.78 is 5.22. The van der Waals surface area contributed by atoms with Crippen LogP contribution in [0.4, 0.5) is 0 Å². The van der Waals surface area contributed by atoms with Crippen LogP contribution >= 0.6 is 22.6 Å². The largest absolute Gasteiger partial charge is 0.497 e. The molecule has 0 bridgehead atoms. The van der Waals surface area contributed by atoms with Crippen LogP contribution in [0.25, 0.3) is 0 Å². The lowest BCUT2D eigenvalue weighted by atomic mass is 10.1. The van der Waals surface area contributed by atoms with Gasteiger partial charge in [0.1, 0.15) is 5.75 Å². The molecule has 0 aliphatic carbocycles. The van der Waals surface area contributed by atoms with Gasteiger partial charge in [-0.2, -0.15) is 0 Å². The molecule has 2 nitrogen and oxygen atoms in total. The third-order valence-corrected chi connectivity index (χ3v) is 3.60. The first-order valence-corrected chi connectivity index (χ1v) is 5.36. The van der Waals surface area contributed by atoms with Crippen molar-refractivity contribution in [2.75, 3.05) is 7.11 Å². The maximum atomic E-state index is 9.39. The maximum absolute atomic E-state index is 9.39. The standard InChI is InChI=1S/C10H13IO2/c1-7(12)10(11)8-4-3-5-9(6-8)13-2/h3-7,10,12H,1-2H3/t7-,10+/m0/s1. The molecular formula is C10H13IO2. The zero-order valence-electron chi connectivity index (χ0n) is 7.70. The van der Waals surface area contributed by atoms with Crippen LogP contribution in [0, 0.1) is 0 Å². The Labute approximate surface area is 92.1 Å². The van der Waals surface area contributed by atoms with Gasteiger partial charge in [0.2, 0.25) is 0 Å². The van der Waals surface area contributed by atoms with E-state index in [2.05, 4.69) is 22.6 Å². The summed E-state index contributed by atoms with van der Waals surface area (Å²) in [5.41, 5.74) is 1.09. The molecule has 1 aromatic carbocycles. The van der Waals surface area contributed by atoms with E-state index in [0.29, 0.717) is 0 Å². The number of hydrogen-bond acceptors (Lipinski definition) is 2. The van der Waals surface area contributed by atoms with Crippen molar-refractivity contribution in [3.05, 3.63) is 29.8 Å². The molecule has 0 heterocycles. The lowest BCUT2D eigenvalue weighted by molar-refractivity contribution is 0.197. The molecule has 1 aromatic rings. The normalized spacial score (nSPS) is 15.1. The first kappa shape index (κ1) is 10.8. The quantitative estimate of drug-likeness (QED) is 0.685. The molecular weight excluding hydrogens is 279 g/mol. The molecule has 1 rings (SSSR count). The zero-order chi connectivity index (χ0) is 9.84. The van der Waals surface area contributed by atoms with Gasteiger partial charge in [-0.25, -0.2) is 0 Å². The van der Waals surface area contributed by atoms with Crippen molar-refractivity contribution in [2.45, 2.75) is 17.0 Å². The Hall–Kier alpha value is -0.290. The fourth-order valence-electron chi connectivity index (χ4n) is 1.09. The summed E-state index contributed by atoms with van der Waals surface area (Å²) in [6, 6.07) is 7.77. The fraction of sp³-hybridized carbons (Fsp3) is 0.400. The summed E-state index contributed by atoms with van der Waals surface area (Å²) in [6.07, 6.45) is -0.340. The molecule has 0 radical (unpaired) electrons. The predicted molar refractivity (Wildman–Crippen MR) is 61.4 cm³/mol. The molecule has 0 saturated heterocycles. The first-order chi connectivity index (χ1) is 6.15. The van der Waals surface area contributed by atoms with E-state index in [1.165, 1.54) is 0 Å². The highest BCUT2D eigenvalue weighted by Gasteiger charge is 2.13. The van der Waals surface area contributed by atoms with Gasteiger partial charge in [-0.05, 0) is 24.6 Å².